The molecule has 0 saturated heterocycles. The minimum absolute atomic E-state index is 0.0282. The molecule has 0 saturated carbocycles. The molecule has 0 aliphatic rings. The summed E-state index contributed by atoms with van der Waals surface area (Å²) in [6, 6.07) is 16.4. The van der Waals surface area contributed by atoms with Crippen LogP contribution in [0.3, 0.4) is 0 Å². The van der Waals surface area contributed by atoms with E-state index in [2.05, 4.69) is 10.1 Å². The number of ether oxygens (including phenoxy) is 1. The smallest absolute Gasteiger partial charge is 0.336 e. The maximum Gasteiger partial charge on any atom is 0.336 e. The Morgan fingerprint density at radius 2 is 1.84 bits per heavy atom. The number of thiophene rings is 1. The third kappa shape index (κ3) is 3.23. The molecule has 0 spiro atoms. The highest BCUT2D eigenvalue weighted by atomic mass is 32.1. The third-order valence-electron chi connectivity index (χ3n) is 5.22. The molecule has 0 unspecified atom stereocenters. The van der Waals surface area contributed by atoms with E-state index < -0.39 is 5.69 Å². The van der Waals surface area contributed by atoms with Gasteiger partial charge in [0.05, 0.1) is 23.9 Å². The standard InChI is InChI=1S/C23H18N4O4S/c1-14-7-3-5-9-16(14)27-22(28)20-17(11-12-32-20)26(23(27)29)13-19-24-21(25-31-19)15-8-4-6-10-18(15)30-2/h3-12H,13H2,1-2H3. The first-order chi connectivity index (χ1) is 15.6. The topological polar surface area (TPSA) is 92.2 Å². The summed E-state index contributed by atoms with van der Waals surface area (Å²) in [6.07, 6.45) is 0. The number of hydrogen-bond acceptors (Lipinski definition) is 7. The summed E-state index contributed by atoms with van der Waals surface area (Å²) in [7, 11) is 1.57. The predicted molar refractivity (Wildman–Crippen MR) is 122 cm³/mol. The Bertz CT molecular complexity index is 1560. The summed E-state index contributed by atoms with van der Waals surface area (Å²) in [5.74, 6) is 1.22. The molecule has 0 bridgehead atoms. The zero-order valence-corrected chi connectivity index (χ0v) is 18.1. The molecule has 160 valence electrons. The van der Waals surface area contributed by atoms with Crippen LogP contribution in [0.4, 0.5) is 0 Å². The van der Waals surface area contributed by atoms with Crippen molar-refractivity contribution in [2.24, 2.45) is 0 Å². The van der Waals surface area contributed by atoms with Crippen LogP contribution in [0, 0.1) is 6.92 Å². The van der Waals surface area contributed by atoms with Gasteiger partial charge in [-0.1, -0.05) is 35.5 Å². The lowest BCUT2D eigenvalue weighted by Gasteiger charge is -2.12. The van der Waals surface area contributed by atoms with E-state index in [0.29, 0.717) is 33.0 Å². The minimum atomic E-state index is -0.466. The lowest BCUT2D eigenvalue weighted by molar-refractivity contribution is 0.369. The zero-order valence-electron chi connectivity index (χ0n) is 17.3. The monoisotopic (exact) mass is 446 g/mol. The fourth-order valence-corrected chi connectivity index (χ4v) is 4.48. The summed E-state index contributed by atoms with van der Waals surface area (Å²) >= 11 is 1.29. The lowest BCUT2D eigenvalue weighted by atomic mass is 10.2. The van der Waals surface area contributed by atoms with Crippen LogP contribution in [0.5, 0.6) is 5.75 Å². The molecule has 3 aromatic heterocycles. The van der Waals surface area contributed by atoms with E-state index in [0.717, 1.165) is 5.56 Å². The molecule has 0 N–H and O–H groups in total. The Hall–Kier alpha value is -3.98. The molecular weight excluding hydrogens is 428 g/mol. The van der Waals surface area contributed by atoms with E-state index in [1.54, 1.807) is 30.7 Å². The molecule has 0 amide bonds. The van der Waals surface area contributed by atoms with Crippen LogP contribution in [0.1, 0.15) is 11.5 Å². The van der Waals surface area contributed by atoms with Gasteiger partial charge in [-0.3, -0.25) is 9.36 Å². The van der Waals surface area contributed by atoms with Crippen molar-refractivity contribution in [3.63, 3.8) is 0 Å². The molecule has 32 heavy (non-hydrogen) atoms. The predicted octanol–water partition coefficient (Wildman–Crippen LogP) is 3.63. The van der Waals surface area contributed by atoms with Crippen LogP contribution in [0.25, 0.3) is 27.3 Å². The summed E-state index contributed by atoms with van der Waals surface area (Å²) < 4.78 is 14.0. The first-order valence-electron chi connectivity index (χ1n) is 9.83. The molecule has 5 aromatic rings. The average molecular weight is 446 g/mol. The van der Waals surface area contributed by atoms with Gasteiger partial charge in [0.25, 0.3) is 5.56 Å². The normalized spacial score (nSPS) is 11.2. The first kappa shape index (κ1) is 20.0. The third-order valence-corrected chi connectivity index (χ3v) is 6.11. The lowest BCUT2D eigenvalue weighted by Crippen LogP contribution is -2.39. The van der Waals surface area contributed by atoms with Crippen molar-refractivity contribution in [1.29, 1.82) is 0 Å². The number of para-hydroxylation sites is 2. The quantitative estimate of drug-likeness (QED) is 0.409. The van der Waals surface area contributed by atoms with Gasteiger partial charge in [0, 0.05) is 0 Å². The van der Waals surface area contributed by atoms with Crippen molar-refractivity contribution < 1.29 is 9.26 Å². The minimum Gasteiger partial charge on any atom is -0.496 e. The number of fused-ring (bicyclic) bond motifs is 1. The molecule has 0 fully saturated rings. The van der Waals surface area contributed by atoms with E-state index in [1.807, 2.05) is 43.3 Å². The summed E-state index contributed by atoms with van der Waals surface area (Å²) in [5.41, 5.74) is 1.78. The molecule has 0 radical (unpaired) electrons. The van der Waals surface area contributed by atoms with Crippen molar-refractivity contribution in [3.05, 3.63) is 92.3 Å². The van der Waals surface area contributed by atoms with Crippen molar-refractivity contribution in [2.45, 2.75) is 13.5 Å². The number of benzene rings is 2. The maximum absolute atomic E-state index is 13.5. The number of aromatic nitrogens is 4. The largest absolute Gasteiger partial charge is 0.496 e. The summed E-state index contributed by atoms with van der Waals surface area (Å²) in [6.45, 7) is 1.89. The van der Waals surface area contributed by atoms with E-state index in [4.69, 9.17) is 9.26 Å². The van der Waals surface area contributed by atoms with Gasteiger partial charge in [-0.25, -0.2) is 9.36 Å². The van der Waals surface area contributed by atoms with Gasteiger partial charge >= 0.3 is 5.69 Å². The molecule has 5 rings (SSSR count). The van der Waals surface area contributed by atoms with Crippen LogP contribution in [-0.2, 0) is 6.54 Å². The number of rotatable bonds is 5. The fourth-order valence-electron chi connectivity index (χ4n) is 3.66. The first-order valence-corrected chi connectivity index (χ1v) is 10.7. The van der Waals surface area contributed by atoms with E-state index >= 15 is 0 Å². The zero-order chi connectivity index (χ0) is 22.2. The Labute approximate surface area is 186 Å². The Morgan fingerprint density at radius 3 is 2.66 bits per heavy atom. The molecule has 0 aliphatic carbocycles. The molecule has 0 atom stereocenters. The highest BCUT2D eigenvalue weighted by molar-refractivity contribution is 7.17. The van der Waals surface area contributed by atoms with Gasteiger partial charge in [-0.15, -0.1) is 11.3 Å². The Balaban J connectivity index is 1.64. The number of aryl methyl sites for hydroxylation is 1. The highest BCUT2D eigenvalue weighted by Crippen LogP contribution is 2.27. The number of nitrogens with zero attached hydrogens (tertiary/aromatic N) is 4. The Kier molecular flexibility index (Phi) is 4.95. The van der Waals surface area contributed by atoms with Crippen LogP contribution >= 0.6 is 11.3 Å². The van der Waals surface area contributed by atoms with Crippen LogP contribution in [-0.4, -0.2) is 26.4 Å². The van der Waals surface area contributed by atoms with Gasteiger partial charge in [-0.2, -0.15) is 4.98 Å². The fraction of sp³-hybridized carbons (Fsp3) is 0.130. The second kappa shape index (κ2) is 7.93. The van der Waals surface area contributed by atoms with Crippen molar-refractivity contribution in [1.82, 2.24) is 19.3 Å². The van der Waals surface area contributed by atoms with E-state index in [1.165, 1.54) is 20.5 Å². The summed E-state index contributed by atoms with van der Waals surface area (Å²) in [4.78, 5) is 31.0. The van der Waals surface area contributed by atoms with Crippen molar-refractivity contribution >= 4 is 21.6 Å². The molecule has 3 heterocycles. The van der Waals surface area contributed by atoms with Gasteiger partial charge < -0.3 is 9.26 Å². The van der Waals surface area contributed by atoms with E-state index in [-0.39, 0.29) is 18.0 Å². The number of methoxy groups -OCH3 is 1. The van der Waals surface area contributed by atoms with Crippen molar-refractivity contribution in [3.8, 4) is 22.8 Å². The molecular formula is C23H18N4O4S. The molecule has 0 aliphatic heterocycles. The van der Waals surface area contributed by atoms with Gasteiger partial charge in [0.15, 0.2) is 0 Å². The highest BCUT2D eigenvalue weighted by Gasteiger charge is 2.19. The molecule has 8 nitrogen and oxygen atoms in total. The van der Waals surface area contributed by atoms with E-state index in [9.17, 15) is 9.59 Å². The maximum atomic E-state index is 13.5. The SMILES string of the molecule is COc1ccccc1-c1noc(Cn2c(=O)n(-c3ccccc3C)c(=O)c3sccc32)n1. The second-order valence-corrected chi connectivity index (χ2v) is 8.06. The Morgan fingerprint density at radius 1 is 1.06 bits per heavy atom. The van der Waals surface area contributed by atoms with Crippen LogP contribution < -0.4 is 16.0 Å². The van der Waals surface area contributed by atoms with Gasteiger partial charge in [0.1, 0.15) is 17.0 Å². The average Bonchev–Trinajstić information content (AvgIpc) is 3.48. The second-order valence-electron chi connectivity index (χ2n) is 7.14. The van der Waals surface area contributed by atoms with Gasteiger partial charge in [0.2, 0.25) is 11.7 Å². The summed E-state index contributed by atoms with van der Waals surface area (Å²) in [5, 5.41) is 5.84. The van der Waals surface area contributed by atoms with Gasteiger partial charge in [-0.05, 0) is 42.1 Å². The number of hydrogen-bond donors (Lipinski definition) is 0. The van der Waals surface area contributed by atoms with Crippen LogP contribution in [0.15, 0.2) is 74.1 Å². The van der Waals surface area contributed by atoms with Crippen molar-refractivity contribution in [2.75, 3.05) is 7.11 Å². The molecule has 9 heteroatoms. The molecule has 2 aromatic carbocycles. The van der Waals surface area contributed by atoms with Crippen LogP contribution in [0.2, 0.25) is 0 Å².